The Morgan fingerprint density at radius 3 is 2.06 bits per heavy atom. The van der Waals surface area contributed by atoms with Gasteiger partial charge in [-0.3, -0.25) is 0 Å². The highest BCUT2D eigenvalue weighted by molar-refractivity contribution is 7.86. The largest absolute Gasteiger partial charge is 0.537 e. The zero-order chi connectivity index (χ0) is 14.4. The molecule has 18 heavy (non-hydrogen) atoms. The lowest BCUT2D eigenvalue weighted by molar-refractivity contribution is -0.671. The molecule has 0 bridgehead atoms. The lowest BCUT2D eigenvalue weighted by Crippen LogP contribution is -2.23. The minimum Gasteiger partial charge on any atom is -0.240 e. The second-order valence-corrected chi connectivity index (χ2v) is 5.14. The second-order valence-electron chi connectivity index (χ2n) is 3.28. The first-order valence-corrected chi connectivity index (χ1v) is 6.68. The molecular weight excluding hydrogens is 273 g/mol. The van der Waals surface area contributed by atoms with Crippen LogP contribution < -0.4 is 4.57 Å². The predicted octanol–water partition coefficient (Wildman–Crippen LogP) is 1.21. The SMILES string of the molecule is CCS(=O)(=O)OC(F)(F)F.CCn1cc[n+](C)c1. The van der Waals surface area contributed by atoms with Gasteiger partial charge >= 0.3 is 6.36 Å². The number of rotatable bonds is 3. The fourth-order valence-corrected chi connectivity index (χ4v) is 1.30. The number of nitrogens with zero attached hydrogens (tertiary/aromatic N) is 2. The number of alkyl halides is 3. The third-order valence-electron chi connectivity index (χ3n) is 1.76. The lowest BCUT2D eigenvalue weighted by Gasteiger charge is -2.04. The summed E-state index contributed by atoms with van der Waals surface area (Å²) in [5.74, 6) is -0.688. The third kappa shape index (κ3) is 8.07. The van der Waals surface area contributed by atoms with Gasteiger partial charge in [0.05, 0.1) is 19.3 Å². The van der Waals surface area contributed by atoms with Gasteiger partial charge in [0.25, 0.3) is 10.1 Å². The van der Waals surface area contributed by atoms with Crippen molar-refractivity contribution in [1.82, 2.24) is 4.57 Å². The highest BCUT2D eigenvalue weighted by Gasteiger charge is 2.35. The van der Waals surface area contributed by atoms with Crippen LogP contribution in [0.3, 0.4) is 0 Å². The number of imidazole rings is 1. The van der Waals surface area contributed by atoms with Crippen LogP contribution in [0.4, 0.5) is 13.2 Å². The highest BCUT2D eigenvalue weighted by atomic mass is 32.2. The summed E-state index contributed by atoms with van der Waals surface area (Å²) in [5.41, 5.74) is 0. The van der Waals surface area contributed by atoms with Crippen molar-refractivity contribution < 1.29 is 30.3 Å². The van der Waals surface area contributed by atoms with Crippen molar-refractivity contribution in [2.24, 2.45) is 7.05 Å². The summed E-state index contributed by atoms with van der Waals surface area (Å²) >= 11 is 0. The Morgan fingerprint density at radius 1 is 1.33 bits per heavy atom. The first-order chi connectivity index (χ1) is 8.09. The molecule has 0 amide bonds. The molecule has 1 rings (SSSR count). The maximum atomic E-state index is 11.1. The molecule has 0 saturated heterocycles. The van der Waals surface area contributed by atoms with Crippen LogP contribution in [0.1, 0.15) is 13.8 Å². The molecule has 1 heterocycles. The molecule has 0 radical (unpaired) electrons. The Balaban J connectivity index is 0.000000327. The molecule has 0 spiro atoms. The van der Waals surface area contributed by atoms with E-state index in [9.17, 15) is 21.6 Å². The quantitative estimate of drug-likeness (QED) is 0.621. The van der Waals surface area contributed by atoms with Crippen molar-refractivity contribution >= 4 is 10.1 Å². The van der Waals surface area contributed by atoms with Gasteiger partial charge in [-0.2, -0.15) is 12.6 Å². The highest BCUT2D eigenvalue weighted by Crippen LogP contribution is 2.19. The maximum Gasteiger partial charge on any atom is 0.537 e. The Kier molecular flexibility index (Phi) is 6.33. The van der Waals surface area contributed by atoms with Gasteiger partial charge < -0.3 is 0 Å². The molecule has 0 atom stereocenters. The van der Waals surface area contributed by atoms with Gasteiger partial charge in [0.1, 0.15) is 12.4 Å². The Labute approximate surface area is 104 Å². The molecule has 9 heteroatoms. The second kappa shape index (κ2) is 6.74. The Hall–Kier alpha value is -1.09. The van der Waals surface area contributed by atoms with E-state index in [-0.39, 0.29) is 0 Å². The maximum absolute atomic E-state index is 11.1. The van der Waals surface area contributed by atoms with Crippen LogP contribution in [0, 0.1) is 0 Å². The van der Waals surface area contributed by atoms with E-state index >= 15 is 0 Å². The molecule has 106 valence electrons. The first kappa shape index (κ1) is 16.9. The van der Waals surface area contributed by atoms with Crippen molar-refractivity contribution in [2.75, 3.05) is 5.75 Å². The number of aromatic nitrogens is 2. The average molecular weight is 289 g/mol. The smallest absolute Gasteiger partial charge is 0.240 e. The topological polar surface area (TPSA) is 52.2 Å². The van der Waals surface area contributed by atoms with Crippen LogP contribution in [-0.2, 0) is 27.9 Å². The zero-order valence-electron chi connectivity index (χ0n) is 10.3. The molecule has 0 aromatic carbocycles. The van der Waals surface area contributed by atoms with Gasteiger partial charge in [0.2, 0.25) is 6.33 Å². The summed E-state index contributed by atoms with van der Waals surface area (Å²) in [6.07, 6.45) is 1.04. The van der Waals surface area contributed by atoms with Crippen LogP contribution in [-0.4, -0.2) is 25.1 Å². The molecule has 0 N–H and O–H groups in total. The van der Waals surface area contributed by atoms with Crippen LogP contribution in [0.2, 0.25) is 0 Å². The van der Waals surface area contributed by atoms with Crippen LogP contribution in [0.5, 0.6) is 0 Å². The average Bonchev–Trinajstić information content (AvgIpc) is 2.62. The van der Waals surface area contributed by atoms with Crippen molar-refractivity contribution in [1.29, 1.82) is 0 Å². The van der Waals surface area contributed by atoms with Gasteiger partial charge in [-0.1, -0.05) is 0 Å². The molecule has 5 nitrogen and oxygen atoms in total. The fraction of sp³-hybridized carbons (Fsp3) is 0.667. The predicted molar refractivity (Wildman–Crippen MR) is 57.9 cm³/mol. The van der Waals surface area contributed by atoms with Crippen molar-refractivity contribution in [2.45, 2.75) is 26.8 Å². The summed E-state index contributed by atoms with van der Waals surface area (Å²) in [7, 11) is -2.38. The van der Waals surface area contributed by atoms with Gasteiger partial charge in [-0.25, -0.2) is 9.13 Å². The summed E-state index contributed by atoms with van der Waals surface area (Å²) in [4.78, 5) is 0. The van der Waals surface area contributed by atoms with E-state index in [0.29, 0.717) is 0 Å². The molecule has 0 unspecified atom stereocenters. The van der Waals surface area contributed by atoms with Crippen molar-refractivity contribution in [3.63, 3.8) is 0 Å². The molecule has 0 aliphatic rings. The molecule has 0 aliphatic heterocycles. The lowest BCUT2D eigenvalue weighted by atomic mass is 10.7. The Morgan fingerprint density at radius 2 is 1.89 bits per heavy atom. The summed E-state index contributed by atoms with van der Waals surface area (Å²) in [5, 5.41) is 0. The number of hydrogen-bond acceptors (Lipinski definition) is 3. The van der Waals surface area contributed by atoms with E-state index in [1.807, 2.05) is 17.8 Å². The normalized spacial score (nSPS) is 11.9. The number of aryl methyl sites for hydroxylation is 2. The first-order valence-electron chi connectivity index (χ1n) is 5.10. The van der Waals surface area contributed by atoms with Gasteiger partial charge in [-0.15, -0.1) is 13.2 Å². The van der Waals surface area contributed by atoms with Gasteiger partial charge in [0, 0.05) is 0 Å². The minimum atomic E-state index is -5.10. The van der Waals surface area contributed by atoms with Crippen molar-refractivity contribution in [3.05, 3.63) is 18.7 Å². The Bertz CT molecular complexity index is 454. The zero-order valence-corrected chi connectivity index (χ0v) is 11.1. The molecule has 1 aromatic heterocycles. The minimum absolute atomic E-state index is 0.688. The summed E-state index contributed by atoms with van der Waals surface area (Å²) < 4.78 is 60.5. The van der Waals surface area contributed by atoms with E-state index in [0.717, 1.165) is 13.5 Å². The van der Waals surface area contributed by atoms with Gasteiger partial charge in [0.15, 0.2) is 0 Å². The number of hydrogen-bond donors (Lipinski definition) is 0. The van der Waals surface area contributed by atoms with E-state index in [1.165, 1.54) is 0 Å². The monoisotopic (exact) mass is 289 g/mol. The van der Waals surface area contributed by atoms with Crippen LogP contribution in [0.15, 0.2) is 18.7 Å². The van der Waals surface area contributed by atoms with E-state index < -0.39 is 22.2 Å². The fourth-order valence-electron chi connectivity index (χ4n) is 0.892. The summed E-state index contributed by atoms with van der Waals surface area (Å²) in [6.45, 7) is 4.24. The van der Waals surface area contributed by atoms with Crippen LogP contribution >= 0.6 is 0 Å². The molecule has 0 fully saturated rings. The molecule has 0 aliphatic carbocycles. The molecular formula is C9H16F3N2O3S+. The third-order valence-corrected chi connectivity index (χ3v) is 2.91. The van der Waals surface area contributed by atoms with E-state index in [2.05, 4.69) is 28.2 Å². The molecule has 0 saturated carbocycles. The van der Waals surface area contributed by atoms with Crippen molar-refractivity contribution in [3.8, 4) is 0 Å². The summed E-state index contributed by atoms with van der Waals surface area (Å²) in [6, 6.07) is 0. The van der Waals surface area contributed by atoms with E-state index in [1.54, 1.807) is 0 Å². The van der Waals surface area contributed by atoms with Gasteiger partial charge in [-0.05, 0) is 13.8 Å². The standard InChI is InChI=1S/C6H11N2.C3H5F3O3S/c1-3-8-5-4-7(2)6-8;1-2-10(7,8)9-3(4,5)6/h4-6H,3H2,1-2H3;2H2,1H3/q+1;. The molecule has 1 aromatic rings. The van der Waals surface area contributed by atoms with E-state index in [4.69, 9.17) is 0 Å². The number of halogens is 3. The van der Waals surface area contributed by atoms with Crippen LogP contribution in [0.25, 0.3) is 0 Å².